The molecule has 1 aliphatic heterocycles. The molecule has 7 heteroatoms. The molecule has 0 spiro atoms. The van der Waals surface area contributed by atoms with Crippen LogP contribution in [0.25, 0.3) is 11.0 Å². The number of fused-ring (bicyclic) bond motifs is 3. The highest BCUT2D eigenvalue weighted by molar-refractivity contribution is 6.31. The first-order chi connectivity index (χ1) is 12.0. The molecule has 126 valence electrons. The van der Waals surface area contributed by atoms with Crippen LogP contribution in [-0.2, 0) is 9.59 Å². The Kier molecular flexibility index (Phi) is 3.69. The van der Waals surface area contributed by atoms with Gasteiger partial charge in [-0.1, -0.05) is 29.8 Å². The van der Waals surface area contributed by atoms with Gasteiger partial charge in [-0.3, -0.25) is 19.5 Å². The van der Waals surface area contributed by atoms with Gasteiger partial charge in [-0.15, -0.1) is 0 Å². The van der Waals surface area contributed by atoms with Crippen LogP contribution in [0.2, 0.25) is 5.02 Å². The van der Waals surface area contributed by atoms with Gasteiger partial charge < -0.3 is 5.32 Å². The highest BCUT2D eigenvalue weighted by Crippen LogP contribution is 2.32. The molecule has 4 rings (SSSR count). The van der Waals surface area contributed by atoms with Crippen molar-refractivity contribution < 1.29 is 9.59 Å². The molecule has 0 saturated carbocycles. The summed E-state index contributed by atoms with van der Waals surface area (Å²) in [5.41, 5.74) is 2.96. The van der Waals surface area contributed by atoms with Gasteiger partial charge in [0.2, 0.25) is 17.8 Å². The number of benzene rings is 2. The molecule has 2 heterocycles. The standard InChI is InChI=1S/C18H15ClN4O2/c1-10-11(19)5-4-7-12(10)20-17(25)15-9-16(24)22-18-21-13-6-2-3-8-14(13)23(15)18/h2-8,15H,9H2,1H3,(H,20,25)(H,21,22,24). The minimum atomic E-state index is -0.672. The van der Waals surface area contributed by atoms with E-state index < -0.39 is 6.04 Å². The van der Waals surface area contributed by atoms with Crippen LogP contribution in [-0.4, -0.2) is 21.4 Å². The molecule has 0 fully saturated rings. The van der Waals surface area contributed by atoms with Crippen molar-refractivity contribution in [1.29, 1.82) is 0 Å². The number of imidazole rings is 1. The predicted molar refractivity (Wildman–Crippen MR) is 96.8 cm³/mol. The SMILES string of the molecule is Cc1c(Cl)cccc1NC(=O)C1CC(=O)Nc2nc3ccccc3n21. The zero-order valence-electron chi connectivity index (χ0n) is 13.4. The van der Waals surface area contributed by atoms with Crippen LogP contribution >= 0.6 is 11.6 Å². The summed E-state index contributed by atoms with van der Waals surface area (Å²) in [6.45, 7) is 1.84. The second-order valence-corrected chi connectivity index (χ2v) is 6.37. The average Bonchev–Trinajstić information content (AvgIpc) is 2.96. The summed E-state index contributed by atoms with van der Waals surface area (Å²) in [6, 6.07) is 12.1. The van der Waals surface area contributed by atoms with Crippen LogP contribution in [0.5, 0.6) is 0 Å². The first-order valence-corrected chi connectivity index (χ1v) is 8.25. The van der Waals surface area contributed by atoms with E-state index in [9.17, 15) is 9.59 Å². The molecule has 6 nitrogen and oxygen atoms in total. The van der Waals surface area contributed by atoms with Crippen LogP contribution in [0.4, 0.5) is 11.6 Å². The lowest BCUT2D eigenvalue weighted by atomic mass is 10.1. The molecule has 1 atom stereocenters. The van der Waals surface area contributed by atoms with Crippen molar-refractivity contribution in [3.8, 4) is 0 Å². The molecule has 2 aromatic carbocycles. The molecule has 1 aromatic heterocycles. The van der Waals surface area contributed by atoms with Crippen LogP contribution < -0.4 is 10.6 Å². The Hall–Kier alpha value is -2.86. The summed E-state index contributed by atoms with van der Waals surface area (Å²) in [5.74, 6) is -0.115. The van der Waals surface area contributed by atoms with E-state index in [4.69, 9.17) is 11.6 Å². The van der Waals surface area contributed by atoms with E-state index in [1.165, 1.54) is 0 Å². The normalized spacial score (nSPS) is 16.4. The van der Waals surface area contributed by atoms with Crippen molar-refractivity contribution in [2.75, 3.05) is 10.6 Å². The number of hydrogen-bond acceptors (Lipinski definition) is 3. The van der Waals surface area contributed by atoms with E-state index in [2.05, 4.69) is 15.6 Å². The zero-order valence-corrected chi connectivity index (χ0v) is 14.2. The number of carbonyl (C=O) groups excluding carboxylic acids is 2. The Morgan fingerprint density at radius 3 is 2.92 bits per heavy atom. The molecule has 0 radical (unpaired) electrons. The van der Waals surface area contributed by atoms with Gasteiger partial charge in [0.25, 0.3) is 0 Å². The lowest BCUT2D eigenvalue weighted by molar-refractivity contribution is -0.124. The highest BCUT2D eigenvalue weighted by atomic mass is 35.5. The van der Waals surface area contributed by atoms with Crippen molar-refractivity contribution in [3.05, 3.63) is 53.1 Å². The maximum Gasteiger partial charge on any atom is 0.248 e. The molecule has 25 heavy (non-hydrogen) atoms. The van der Waals surface area contributed by atoms with E-state index >= 15 is 0 Å². The lowest BCUT2D eigenvalue weighted by Crippen LogP contribution is -2.35. The summed E-state index contributed by atoms with van der Waals surface area (Å²) >= 11 is 6.12. The van der Waals surface area contributed by atoms with Crippen LogP contribution in [0, 0.1) is 6.92 Å². The number of amides is 2. The van der Waals surface area contributed by atoms with E-state index in [0.29, 0.717) is 16.7 Å². The quantitative estimate of drug-likeness (QED) is 0.739. The first kappa shape index (κ1) is 15.7. The van der Waals surface area contributed by atoms with E-state index in [1.54, 1.807) is 22.8 Å². The predicted octanol–water partition coefficient (Wildman–Crippen LogP) is 3.52. The topological polar surface area (TPSA) is 76.0 Å². The first-order valence-electron chi connectivity index (χ1n) is 7.87. The fourth-order valence-electron chi connectivity index (χ4n) is 3.06. The number of rotatable bonds is 2. The summed E-state index contributed by atoms with van der Waals surface area (Å²) in [6.07, 6.45) is 0.0544. The largest absolute Gasteiger partial charge is 0.324 e. The minimum Gasteiger partial charge on any atom is -0.324 e. The minimum absolute atomic E-state index is 0.0544. The number of carbonyl (C=O) groups is 2. The van der Waals surface area contributed by atoms with Gasteiger partial charge in [0.15, 0.2) is 0 Å². The Labute approximate surface area is 148 Å². The van der Waals surface area contributed by atoms with E-state index in [0.717, 1.165) is 16.6 Å². The number of nitrogens with zero attached hydrogens (tertiary/aromatic N) is 2. The maximum absolute atomic E-state index is 12.9. The fourth-order valence-corrected chi connectivity index (χ4v) is 3.23. The number of hydrogen-bond donors (Lipinski definition) is 2. The fraction of sp³-hybridized carbons (Fsp3) is 0.167. The van der Waals surface area contributed by atoms with Crippen molar-refractivity contribution in [3.63, 3.8) is 0 Å². The van der Waals surface area contributed by atoms with Gasteiger partial charge in [-0.2, -0.15) is 0 Å². The Morgan fingerprint density at radius 1 is 1.28 bits per heavy atom. The van der Waals surface area contributed by atoms with Gasteiger partial charge in [-0.25, -0.2) is 4.98 Å². The summed E-state index contributed by atoms with van der Waals surface area (Å²) < 4.78 is 1.77. The molecular weight excluding hydrogens is 340 g/mol. The van der Waals surface area contributed by atoms with Gasteiger partial charge in [-0.05, 0) is 36.8 Å². The van der Waals surface area contributed by atoms with Crippen molar-refractivity contribution in [2.45, 2.75) is 19.4 Å². The molecule has 1 unspecified atom stereocenters. The third kappa shape index (κ3) is 2.64. The zero-order chi connectivity index (χ0) is 17.6. The molecule has 1 aliphatic rings. The summed E-state index contributed by atoms with van der Waals surface area (Å²) in [4.78, 5) is 29.3. The monoisotopic (exact) mass is 354 g/mol. The maximum atomic E-state index is 12.9. The molecule has 2 amide bonds. The molecule has 0 saturated heterocycles. The van der Waals surface area contributed by atoms with Gasteiger partial charge in [0.1, 0.15) is 6.04 Å². The molecule has 2 N–H and O–H groups in total. The van der Waals surface area contributed by atoms with Crippen LogP contribution in [0.15, 0.2) is 42.5 Å². The number of aromatic nitrogens is 2. The molecule has 3 aromatic rings. The summed E-state index contributed by atoms with van der Waals surface area (Å²) in [7, 11) is 0. The van der Waals surface area contributed by atoms with Crippen molar-refractivity contribution in [1.82, 2.24) is 9.55 Å². The van der Waals surface area contributed by atoms with Gasteiger partial charge in [0.05, 0.1) is 17.5 Å². The molecule has 0 bridgehead atoms. The second-order valence-electron chi connectivity index (χ2n) is 5.96. The number of nitrogens with one attached hydrogen (secondary N) is 2. The van der Waals surface area contributed by atoms with E-state index in [1.807, 2.05) is 31.2 Å². The highest BCUT2D eigenvalue weighted by Gasteiger charge is 2.33. The smallest absolute Gasteiger partial charge is 0.248 e. The Balaban J connectivity index is 1.74. The Morgan fingerprint density at radius 2 is 2.08 bits per heavy atom. The number of anilines is 2. The van der Waals surface area contributed by atoms with Crippen molar-refractivity contribution >= 4 is 46.1 Å². The van der Waals surface area contributed by atoms with Gasteiger partial charge in [0, 0.05) is 10.7 Å². The van der Waals surface area contributed by atoms with Crippen LogP contribution in [0.1, 0.15) is 18.0 Å². The second kappa shape index (κ2) is 5.89. The van der Waals surface area contributed by atoms with E-state index in [-0.39, 0.29) is 18.2 Å². The lowest BCUT2D eigenvalue weighted by Gasteiger charge is -2.25. The third-order valence-electron chi connectivity index (χ3n) is 4.37. The van der Waals surface area contributed by atoms with Crippen LogP contribution in [0.3, 0.4) is 0 Å². The van der Waals surface area contributed by atoms with Gasteiger partial charge >= 0.3 is 0 Å². The average molecular weight is 355 g/mol. The summed E-state index contributed by atoms with van der Waals surface area (Å²) in [5, 5.41) is 6.19. The third-order valence-corrected chi connectivity index (χ3v) is 4.78. The molecular formula is C18H15ClN4O2. The molecule has 0 aliphatic carbocycles. The Bertz CT molecular complexity index is 1010. The van der Waals surface area contributed by atoms with Crippen molar-refractivity contribution in [2.24, 2.45) is 0 Å². The number of halogens is 1. The number of para-hydroxylation sites is 2.